The maximum atomic E-state index is 13.0. The summed E-state index contributed by atoms with van der Waals surface area (Å²) < 4.78 is 57.5. The number of methoxy groups -OCH3 is 2. The molecule has 0 saturated carbocycles. The summed E-state index contributed by atoms with van der Waals surface area (Å²) in [5, 5.41) is 0. The van der Waals surface area contributed by atoms with Gasteiger partial charge in [0.1, 0.15) is 17.2 Å². The molecule has 1 aliphatic rings. The van der Waals surface area contributed by atoms with Gasteiger partial charge in [0.2, 0.25) is 0 Å². The lowest BCUT2D eigenvalue weighted by molar-refractivity contribution is -0.274. The average Bonchev–Trinajstić information content (AvgIpc) is 2.76. The van der Waals surface area contributed by atoms with Gasteiger partial charge in [-0.15, -0.1) is 13.2 Å². The summed E-state index contributed by atoms with van der Waals surface area (Å²) >= 11 is 0. The second kappa shape index (κ2) is 9.91. The smallest absolute Gasteiger partial charge is 0.497 e. The molecule has 0 spiro atoms. The van der Waals surface area contributed by atoms with Crippen molar-refractivity contribution in [1.82, 2.24) is 4.90 Å². The van der Waals surface area contributed by atoms with E-state index in [2.05, 4.69) is 4.74 Å². The van der Waals surface area contributed by atoms with Gasteiger partial charge in [0.25, 0.3) is 5.91 Å². The van der Waals surface area contributed by atoms with Gasteiger partial charge >= 0.3 is 6.36 Å². The number of benzene rings is 2. The van der Waals surface area contributed by atoms with Crippen LogP contribution in [0.25, 0.3) is 0 Å². The second-order valence-electron chi connectivity index (χ2n) is 7.12. The molecule has 0 radical (unpaired) electrons. The zero-order valence-corrected chi connectivity index (χ0v) is 17.3. The minimum absolute atomic E-state index is 0.120. The normalized spacial score (nSPS) is 16.7. The van der Waals surface area contributed by atoms with Crippen molar-refractivity contribution in [2.24, 2.45) is 0 Å². The molecule has 0 N–H and O–H groups in total. The highest BCUT2D eigenvalue weighted by Gasteiger charge is 2.31. The average molecular weight is 439 g/mol. The van der Waals surface area contributed by atoms with Crippen molar-refractivity contribution in [2.75, 3.05) is 27.3 Å². The molecule has 0 aliphatic carbocycles. The third kappa shape index (κ3) is 6.52. The first-order valence-electron chi connectivity index (χ1n) is 9.76. The van der Waals surface area contributed by atoms with Gasteiger partial charge in [0, 0.05) is 24.7 Å². The fourth-order valence-electron chi connectivity index (χ4n) is 3.42. The van der Waals surface area contributed by atoms with Crippen LogP contribution >= 0.6 is 0 Å². The van der Waals surface area contributed by atoms with Crippen LogP contribution in [0.3, 0.4) is 0 Å². The van der Waals surface area contributed by atoms with Crippen molar-refractivity contribution in [3.63, 3.8) is 0 Å². The number of piperidine rings is 1. The maximum absolute atomic E-state index is 13.0. The summed E-state index contributed by atoms with van der Waals surface area (Å²) in [6.07, 6.45) is -3.46. The van der Waals surface area contributed by atoms with E-state index in [-0.39, 0.29) is 24.4 Å². The second-order valence-corrected chi connectivity index (χ2v) is 7.12. The molecule has 1 amide bonds. The summed E-state index contributed by atoms with van der Waals surface area (Å²) in [5.74, 6) is 0.592. The zero-order chi connectivity index (χ0) is 22.4. The maximum Gasteiger partial charge on any atom is 0.573 e. The van der Waals surface area contributed by atoms with E-state index in [1.54, 1.807) is 29.2 Å². The van der Waals surface area contributed by atoms with Crippen molar-refractivity contribution in [3.05, 3.63) is 53.6 Å². The number of alkyl halides is 3. The number of halogens is 3. The summed E-state index contributed by atoms with van der Waals surface area (Å²) in [6.45, 7) is 1.10. The molecule has 2 aromatic carbocycles. The summed E-state index contributed by atoms with van der Waals surface area (Å²) in [4.78, 5) is 14.7. The van der Waals surface area contributed by atoms with E-state index in [9.17, 15) is 18.0 Å². The molecule has 1 atom stereocenters. The first kappa shape index (κ1) is 22.7. The van der Waals surface area contributed by atoms with Crippen LogP contribution in [0.15, 0.2) is 42.5 Å². The van der Waals surface area contributed by atoms with E-state index in [0.29, 0.717) is 35.7 Å². The molecule has 168 valence electrons. The number of carbonyl (C=O) groups is 1. The number of amides is 1. The first-order valence-corrected chi connectivity index (χ1v) is 9.76. The third-order valence-electron chi connectivity index (χ3n) is 4.88. The number of hydrogen-bond donors (Lipinski definition) is 0. The molecule has 3 rings (SSSR count). The number of rotatable bonds is 7. The highest BCUT2D eigenvalue weighted by molar-refractivity contribution is 5.95. The van der Waals surface area contributed by atoms with Crippen LogP contribution in [-0.4, -0.2) is 50.6 Å². The quantitative estimate of drug-likeness (QED) is 0.639. The van der Waals surface area contributed by atoms with Gasteiger partial charge in [-0.25, -0.2) is 0 Å². The van der Waals surface area contributed by atoms with E-state index >= 15 is 0 Å². The number of nitrogens with zero attached hydrogens (tertiary/aromatic N) is 1. The van der Waals surface area contributed by atoms with E-state index in [4.69, 9.17) is 14.2 Å². The molecule has 9 heteroatoms. The predicted molar refractivity (Wildman–Crippen MR) is 106 cm³/mol. The van der Waals surface area contributed by atoms with Crippen molar-refractivity contribution < 1.29 is 36.9 Å². The van der Waals surface area contributed by atoms with Crippen LogP contribution in [0, 0.1) is 0 Å². The van der Waals surface area contributed by atoms with Crippen LogP contribution in [0.1, 0.15) is 28.8 Å². The molecular formula is C22H24F3NO5. The first-order chi connectivity index (χ1) is 14.8. The Balaban J connectivity index is 1.61. The molecule has 1 aliphatic heterocycles. The topological polar surface area (TPSA) is 57.2 Å². The minimum Gasteiger partial charge on any atom is -0.497 e. The number of carbonyl (C=O) groups excluding carboxylic acids is 1. The van der Waals surface area contributed by atoms with E-state index in [0.717, 1.165) is 12.8 Å². The van der Waals surface area contributed by atoms with Crippen molar-refractivity contribution in [3.8, 4) is 17.2 Å². The summed E-state index contributed by atoms with van der Waals surface area (Å²) in [5.41, 5.74) is 1.01. The molecule has 1 heterocycles. The zero-order valence-electron chi connectivity index (χ0n) is 17.3. The van der Waals surface area contributed by atoms with Crippen molar-refractivity contribution in [1.29, 1.82) is 0 Å². The Labute approximate surface area is 178 Å². The summed E-state index contributed by atoms with van der Waals surface area (Å²) in [6, 6.07) is 10.7. The molecule has 0 unspecified atom stereocenters. The molecule has 31 heavy (non-hydrogen) atoms. The van der Waals surface area contributed by atoms with Gasteiger partial charge in [0.15, 0.2) is 0 Å². The lowest BCUT2D eigenvalue weighted by Crippen LogP contribution is -2.43. The molecule has 1 fully saturated rings. The lowest BCUT2D eigenvalue weighted by atomic mass is 10.1. The number of likely N-dealkylation sites (tertiary alicyclic amines) is 1. The molecule has 6 nitrogen and oxygen atoms in total. The highest BCUT2D eigenvalue weighted by atomic mass is 19.4. The minimum atomic E-state index is -4.74. The van der Waals surface area contributed by atoms with Gasteiger partial charge in [0.05, 0.1) is 26.9 Å². The van der Waals surface area contributed by atoms with E-state index in [1.165, 1.54) is 32.4 Å². The fraction of sp³-hybridized carbons (Fsp3) is 0.409. The van der Waals surface area contributed by atoms with Gasteiger partial charge in [-0.1, -0.05) is 12.1 Å². The molecule has 0 bridgehead atoms. The largest absolute Gasteiger partial charge is 0.573 e. The molecular weight excluding hydrogens is 415 g/mol. The Kier molecular flexibility index (Phi) is 7.27. The number of hydrogen-bond acceptors (Lipinski definition) is 5. The Morgan fingerprint density at radius 2 is 1.77 bits per heavy atom. The van der Waals surface area contributed by atoms with Crippen LogP contribution in [0.4, 0.5) is 13.2 Å². The lowest BCUT2D eigenvalue weighted by Gasteiger charge is -2.33. The monoisotopic (exact) mass is 439 g/mol. The van der Waals surface area contributed by atoms with E-state index < -0.39 is 6.36 Å². The van der Waals surface area contributed by atoms with Gasteiger partial charge < -0.3 is 23.8 Å². The molecule has 0 aromatic heterocycles. The molecule has 2 aromatic rings. The fourth-order valence-corrected chi connectivity index (χ4v) is 3.42. The van der Waals surface area contributed by atoms with Crippen molar-refractivity contribution in [2.45, 2.75) is 31.9 Å². The van der Waals surface area contributed by atoms with E-state index in [1.807, 2.05) is 0 Å². The Morgan fingerprint density at radius 3 is 2.42 bits per heavy atom. The van der Waals surface area contributed by atoms with Crippen molar-refractivity contribution >= 4 is 5.91 Å². The standard InChI is InChI=1S/C22H24F3NO5/c1-28-19-10-16(11-20(12-19)29-2)21(27)26-8-4-7-18(13-26)30-14-15-5-3-6-17(9-15)31-22(23,24)25/h3,5-6,9-12,18H,4,7-8,13-14H2,1-2H3/t18-/m1/s1. The third-order valence-corrected chi connectivity index (χ3v) is 4.88. The van der Waals surface area contributed by atoms with Gasteiger partial charge in [-0.2, -0.15) is 0 Å². The van der Waals surface area contributed by atoms with Crippen LogP contribution in [0.5, 0.6) is 17.2 Å². The van der Waals surface area contributed by atoms with Crippen LogP contribution in [-0.2, 0) is 11.3 Å². The Bertz CT molecular complexity index is 881. The Hall–Kier alpha value is -2.94. The van der Waals surface area contributed by atoms with Gasteiger partial charge in [-0.05, 0) is 42.7 Å². The Morgan fingerprint density at radius 1 is 1.06 bits per heavy atom. The SMILES string of the molecule is COc1cc(OC)cc(C(=O)N2CCC[C@@H](OCc3cccc(OC(F)(F)F)c3)C2)c1. The number of ether oxygens (including phenoxy) is 4. The van der Waals surface area contributed by atoms with Crippen LogP contribution < -0.4 is 14.2 Å². The highest BCUT2D eigenvalue weighted by Crippen LogP contribution is 2.26. The van der Waals surface area contributed by atoms with Crippen LogP contribution in [0.2, 0.25) is 0 Å². The molecule has 1 saturated heterocycles. The van der Waals surface area contributed by atoms with Gasteiger partial charge in [-0.3, -0.25) is 4.79 Å². The predicted octanol–water partition coefficient (Wildman–Crippen LogP) is 4.42. The summed E-state index contributed by atoms with van der Waals surface area (Å²) in [7, 11) is 3.03.